The topological polar surface area (TPSA) is 49.8 Å². The van der Waals surface area contributed by atoms with E-state index in [1.54, 1.807) is 0 Å². The predicted molar refractivity (Wildman–Crippen MR) is 80.7 cm³/mol. The number of nitrogens with one attached hydrogen (secondary N) is 2. The Morgan fingerprint density at radius 3 is 2.32 bits per heavy atom. The van der Waals surface area contributed by atoms with Crippen molar-refractivity contribution in [3.8, 4) is 0 Å². The van der Waals surface area contributed by atoms with Crippen LogP contribution in [0.2, 0.25) is 0 Å². The van der Waals surface area contributed by atoms with Crippen molar-refractivity contribution < 1.29 is 0 Å². The van der Waals surface area contributed by atoms with Crippen LogP contribution in [0.5, 0.6) is 0 Å². The minimum Gasteiger partial charge on any atom is -0.373 e. The van der Waals surface area contributed by atoms with Gasteiger partial charge in [-0.3, -0.25) is 0 Å². The molecule has 0 radical (unpaired) electrons. The fourth-order valence-corrected chi connectivity index (χ4v) is 2.82. The second-order valence-electron chi connectivity index (χ2n) is 5.85. The third-order valence-electron chi connectivity index (χ3n) is 4.19. The van der Waals surface area contributed by atoms with Crippen LogP contribution in [-0.2, 0) is 0 Å². The molecule has 0 bridgehead atoms. The molecule has 0 amide bonds. The molecule has 2 N–H and O–H groups in total. The molecule has 1 aliphatic carbocycles. The van der Waals surface area contributed by atoms with E-state index in [1.165, 1.54) is 25.7 Å². The van der Waals surface area contributed by atoms with Crippen molar-refractivity contribution in [3.05, 3.63) is 11.4 Å². The zero-order chi connectivity index (χ0) is 13.8. The van der Waals surface area contributed by atoms with Crippen LogP contribution in [0.15, 0.2) is 0 Å². The lowest BCUT2D eigenvalue weighted by atomic mass is 9.83. The molecule has 0 atom stereocenters. The number of aryl methyl sites for hydroxylation is 1. The molecule has 0 aromatic carbocycles. The zero-order valence-corrected chi connectivity index (χ0v) is 12.6. The number of nitrogens with zero attached hydrogens (tertiary/aromatic N) is 2. The van der Waals surface area contributed by atoms with Gasteiger partial charge in [-0.25, -0.2) is 9.97 Å². The summed E-state index contributed by atoms with van der Waals surface area (Å²) >= 11 is 0. The number of anilines is 2. The summed E-state index contributed by atoms with van der Waals surface area (Å²) in [6.07, 6.45) is 5.43. The maximum Gasteiger partial charge on any atom is 0.134 e. The molecule has 0 spiro atoms. The highest BCUT2D eigenvalue weighted by Gasteiger charge is 2.18. The van der Waals surface area contributed by atoms with Crippen LogP contribution in [-0.4, -0.2) is 23.6 Å². The third-order valence-corrected chi connectivity index (χ3v) is 4.19. The van der Waals surface area contributed by atoms with E-state index < -0.39 is 0 Å². The molecule has 1 aliphatic rings. The molecule has 0 aliphatic heterocycles. The van der Waals surface area contributed by atoms with Crippen LogP contribution in [0.1, 0.15) is 44.0 Å². The van der Waals surface area contributed by atoms with E-state index in [9.17, 15) is 0 Å². The molecule has 0 unspecified atom stereocenters. The first-order chi connectivity index (χ1) is 9.10. The molecule has 0 saturated heterocycles. The molecule has 4 heteroatoms. The average Bonchev–Trinajstić information content (AvgIpc) is 2.41. The van der Waals surface area contributed by atoms with Gasteiger partial charge in [-0.1, -0.05) is 19.8 Å². The number of rotatable bonds is 4. The van der Waals surface area contributed by atoms with Crippen molar-refractivity contribution >= 4 is 11.6 Å². The summed E-state index contributed by atoms with van der Waals surface area (Å²) in [4.78, 5) is 8.91. The summed E-state index contributed by atoms with van der Waals surface area (Å²) in [7, 11) is 1.90. The lowest BCUT2D eigenvalue weighted by Crippen LogP contribution is -2.21. The second-order valence-corrected chi connectivity index (χ2v) is 5.85. The van der Waals surface area contributed by atoms with E-state index >= 15 is 0 Å². The van der Waals surface area contributed by atoms with Gasteiger partial charge < -0.3 is 10.6 Å². The van der Waals surface area contributed by atoms with E-state index in [0.717, 1.165) is 41.4 Å². The molecule has 1 saturated carbocycles. The largest absolute Gasteiger partial charge is 0.373 e. The van der Waals surface area contributed by atoms with Crippen molar-refractivity contribution in [1.82, 2.24) is 9.97 Å². The van der Waals surface area contributed by atoms with Gasteiger partial charge in [-0.05, 0) is 38.5 Å². The Labute approximate surface area is 116 Å². The van der Waals surface area contributed by atoms with Crippen LogP contribution < -0.4 is 10.6 Å². The van der Waals surface area contributed by atoms with Gasteiger partial charge in [0.2, 0.25) is 0 Å². The summed E-state index contributed by atoms with van der Waals surface area (Å²) in [5.74, 6) is 4.43. The summed E-state index contributed by atoms with van der Waals surface area (Å²) < 4.78 is 0. The third kappa shape index (κ3) is 3.58. The predicted octanol–water partition coefficient (Wildman–Crippen LogP) is 3.37. The Kier molecular flexibility index (Phi) is 4.61. The summed E-state index contributed by atoms with van der Waals surface area (Å²) in [6.45, 7) is 7.40. The normalized spacial score (nSPS) is 23.2. The van der Waals surface area contributed by atoms with Gasteiger partial charge in [0.05, 0.1) is 0 Å². The quantitative estimate of drug-likeness (QED) is 0.873. The molecule has 1 aromatic heterocycles. The van der Waals surface area contributed by atoms with Gasteiger partial charge >= 0.3 is 0 Å². The monoisotopic (exact) mass is 262 g/mol. The number of hydrogen-bond acceptors (Lipinski definition) is 4. The van der Waals surface area contributed by atoms with Crippen molar-refractivity contribution in [2.75, 3.05) is 24.2 Å². The van der Waals surface area contributed by atoms with Gasteiger partial charge in [0.25, 0.3) is 0 Å². The second kappa shape index (κ2) is 6.22. The van der Waals surface area contributed by atoms with Gasteiger partial charge in [0.15, 0.2) is 0 Å². The molecule has 4 nitrogen and oxygen atoms in total. The molecule has 1 fully saturated rings. The van der Waals surface area contributed by atoms with Crippen molar-refractivity contribution in [3.63, 3.8) is 0 Å². The van der Waals surface area contributed by atoms with Crippen molar-refractivity contribution in [2.45, 2.75) is 46.5 Å². The van der Waals surface area contributed by atoms with Crippen molar-refractivity contribution in [2.24, 2.45) is 11.8 Å². The highest BCUT2D eigenvalue weighted by molar-refractivity contribution is 5.56. The van der Waals surface area contributed by atoms with E-state index in [1.807, 2.05) is 14.0 Å². The minimum atomic E-state index is 0.795. The summed E-state index contributed by atoms with van der Waals surface area (Å²) in [6, 6.07) is 0. The number of aromatic nitrogens is 2. The highest BCUT2D eigenvalue weighted by atomic mass is 15.1. The minimum absolute atomic E-state index is 0.795. The lowest BCUT2D eigenvalue weighted by molar-refractivity contribution is 0.300. The van der Waals surface area contributed by atoms with Gasteiger partial charge in [-0.15, -0.1) is 0 Å². The van der Waals surface area contributed by atoms with E-state index in [-0.39, 0.29) is 0 Å². The molecule has 1 aromatic rings. The maximum atomic E-state index is 4.52. The smallest absolute Gasteiger partial charge is 0.134 e. The molecule has 106 valence electrons. The molecular weight excluding hydrogens is 236 g/mol. The number of hydrogen-bond donors (Lipinski definition) is 2. The van der Waals surface area contributed by atoms with Crippen molar-refractivity contribution in [1.29, 1.82) is 0 Å². The fraction of sp³-hybridized carbons (Fsp3) is 0.733. The Balaban J connectivity index is 1.97. The summed E-state index contributed by atoms with van der Waals surface area (Å²) in [5, 5.41) is 6.65. The maximum absolute atomic E-state index is 4.52. The first-order valence-corrected chi connectivity index (χ1v) is 7.37. The Morgan fingerprint density at radius 1 is 1.05 bits per heavy atom. The van der Waals surface area contributed by atoms with Crippen LogP contribution >= 0.6 is 0 Å². The van der Waals surface area contributed by atoms with Crippen LogP contribution in [0.25, 0.3) is 0 Å². The van der Waals surface area contributed by atoms with Gasteiger partial charge in [-0.2, -0.15) is 0 Å². The molecule has 19 heavy (non-hydrogen) atoms. The fourth-order valence-electron chi connectivity index (χ4n) is 2.82. The Bertz CT molecular complexity index is 422. The van der Waals surface area contributed by atoms with E-state index in [4.69, 9.17) is 0 Å². The molecule has 2 rings (SSSR count). The molecule has 1 heterocycles. The lowest BCUT2D eigenvalue weighted by Gasteiger charge is -2.26. The Hall–Kier alpha value is -1.32. The van der Waals surface area contributed by atoms with E-state index in [0.29, 0.717) is 0 Å². The first kappa shape index (κ1) is 14.1. The van der Waals surface area contributed by atoms with E-state index in [2.05, 4.69) is 34.4 Å². The summed E-state index contributed by atoms with van der Waals surface area (Å²) in [5.41, 5.74) is 1.11. The average molecular weight is 262 g/mol. The van der Waals surface area contributed by atoms with Crippen LogP contribution in [0.3, 0.4) is 0 Å². The standard InChI is InChI=1S/C15H26N4/c1-10-5-7-13(8-6-10)9-17-15-11(2)14(16-4)18-12(3)19-15/h10,13H,5-9H2,1-4H3,(H2,16,17,18,19). The van der Waals surface area contributed by atoms with Crippen LogP contribution in [0.4, 0.5) is 11.6 Å². The SMILES string of the molecule is CNc1nc(C)nc(NCC2CCC(C)CC2)c1C. The molecular formula is C15H26N4. The van der Waals surface area contributed by atoms with Gasteiger partial charge in [0, 0.05) is 19.2 Å². The van der Waals surface area contributed by atoms with Crippen LogP contribution in [0, 0.1) is 25.7 Å². The van der Waals surface area contributed by atoms with Gasteiger partial charge in [0.1, 0.15) is 17.5 Å². The Morgan fingerprint density at radius 2 is 1.68 bits per heavy atom. The zero-order valence-electron chi connectivity index (χ0n) is 12.6. The first-order valence-electron chi connectivity index (χ1n) is 7.37. The highest BCUT2D eigenvalue weighted by Crippen LogP contribution is 2.29.